The second kappa shape index (κ2) is 5.09. The van der Waals surface area contributed by atoms with Crippen molar-refractivity contribution in [3.8, 4) is 5.75 Å². The van der Waals surface area contributed by atoms with Crippen LogP contribution in [-0.4, -0.2) is 5.97 Å². The lowest BCUT2D eigenvalue weighted by Crippen LogP contribution is -2.12. The van der Waals surface area contributed by atoms with Gasteiger partial charge in [0.2, 0.25) is 17.4 Å². The molecular formula is C13H5F4O2. The first-order valence-electron chi connectivity index (χ1n) is 5.03. The Labute approximate surface area is 105 Å². The van der Waals surface area contributed by atoms with Gasteiger partial charge in [0, 0.05) is 0 Å². The maximum atomic E-state index is 13.2. The smallest absolute Gasteiger partial charge is 0.343 e. The zero-order chi connectivity index (χ0) is 14.0. The summed E-state index contributed by atoms with van der Waals surface area (Å²) in [5.41, 5.74) is -0.0186. The largest absolute Gasteiger partial charge is 0.416 e. The molecule has 19 heavy (non-hydrogen) atoms. The first kappa shape index (κ1) is 13.1. The molecule has 2 rings (SSSR count). The van der Waals surface area contributed by atoms with E-state index in [-0.39, 0.29) is 5.56 Å². The van der Waals surface area contributed by atoms with Crippen LogP contribution in [0.4, 0.5) is 17.6 Å². The maximum absolute atomic E-state index is 13.2. The molecule has 2 aromatic carbocycles. The molecule has 0 aromatic heterocycles. The van der Waals surface area contributed by atoms with Crippen LogP contribution in [0.5, 0.6) is 5.75 Å². The number of hydrogen-bond donors (Lipinski definition) is 0. The fraction of sp³-hybridized carbons (Fsp3) is 0. The van der Waals surface area contributed by atoms with Gasteiger partial charge in [-0.25, -0.2) is 13.6 Å². The van der Waals surface area contributed by atoms with E-state index in [1.807, 2.05) is 0 Å². The molecular weight excluding hydrogens is 264 g/mol. The van der Waals surface area contributed by atoms with Gasteiger partial charge in [0.1, 0.15) is 0 Å². The predicted molar refractivity (Wildman–Crippen MR) is 56.5 cm³/mol. The average Bonchev–Trinajstić information content (AvgIpc) is 2.42. The van der Waals surface area contributed by atoms with E-state index in [4.69, 9.17) is 0 Å². The summed E-state index contributed by atoms with van der Waals surface area (Å²) < 4.78 is 56.5. The molecule has 0 aliphatic heterocycles. The summed E-state index contributed by atoms with van der Waals surface area (Å²) in [6.07, 6.45) is 0. The van der Waals surface area contributed by atoms with Crippen molar-refractivity contribution in [3.05, 3.63) is 65.2 Å². The molecule has 6 heteroatoms. The van der Waals surface area contributed by atoms with Gasteiger partial charge < -0.3 is 4.74 Å². The fourth-order valence-electron chi connectivity index (χ4n) is 1.32. The van der Waals surface area contributed by atoms with E-state index in [2.05, 4.69) is 4.74 Å². The molecule has 0 heterocycles. The first-order chi connectivity index (χ1) is 9.00. The van der Waals surface area contributed by atoms with Gasteiger partial charge in [0.05, 0.1) is 11.6 Å². The Balaban J connectivity index is 2.37. The summed E-state index contributed by atoms with van der Waals surface area (Å²) in [7, 11) is 0. The molecule has 0 fully saturated rings. The summed E-state index contributed by atoms with van der Waals surface area (Å²) in [5.74, 6) is -9.73. The Morgan fingerprint density at radius 2 is 1.47 bits per heavy atom. The second-order valence-corrected chi connectivity index (χ2v) is 3.47. The van der Waals surface area contributed by atoms with E-state index in [0.717, 1.165) is 0 Å². The van der Waals surface area contributed by atoms with Crippen molar-refractivity contribution in [2.45, 2.75) is 0 Å². The maximum Gasteiger partial charge on any atom is 0.343 e. The molecule has 0 N–H and O–H groups in total. The van der Waals surface area contributed by atoms with E-state index in [9.17, 15) is 22.4 Å². The van der Waals surface area contributed by atoms with Crippen LogP contribution < -0.4 is 4.74 Å². The Morgan fingerprint density at radius 1 is 0.947 bits per heavy atom. The summed E-state index contributed by atoms with van der Waals surface area (Å²) >= 11 is 0. The zero-order valence-corrected chi connectivity index (χ0v) is 9.22. The fourth-order valence-corrected chi connectivity index (χ4v) is 1.32. The van der Waals surface area contributed by atoms with E-state index in [0.29, 0.717) is 0 Å². The lowest BCUT2D eigenvalue weighted by molar-refractivity contribution is 0.0717. The molecule has 0 spiro atoms. The number of ether oxygens (including phenoxy) is 1. The van der Waals surface area contributed by atoms with Gasteiger partial charge in [-0.15, -0.1) is 0 Å². The molecule has 1 radical (unpaired) electrons. The van der Waals surface area contributed by atoms with Crippen molar-refractivity contribution in [1.29, 1.82) is 0 Å². The van der Waals surface area contributed by atoms with Gasteiger partial charge >= 0.3 is 5.97 Å². The molecule has 97 valence electrons. The highest BCUT2D eigenvalue weighted by Crippen LogP contribution is 2.26. The van der Waals surface area contributed by atoms with Crippen molar-refractivity contribution >= 4 is 5.97 Å². The lowest BCUT2D eigenvalue weighted by Gasteiger charge is -2.07. The van der Waals surface area contributed by atoms with Crippen molar-refractivity contribution in [2.75, 3.05) is 0 Å². The van der Waals surface area contributed by atoms with E-state index in [1.54, 1.807) is 6.07 Å². The molecule has 2 aromatic rings. The lowest BCUT2D eigenvalue weighted by atomic mass is 10.2. The summed E-state index contributed by atoms with van der Waals surface area (Å²) in [6.45, 7) is 0. The monoisotopic (exact) mass is 269 g/mol. The standard InChI is InChI=1S/C13H5F4O2/c14-8-6-9(15)11(17)12(10(8)16)19-13(18)7-4-2-1-3-5-7/h1-5H. The van der Waals surface area contributed by atoms with Crippen molar-refractivity contribution in [2.24, 2.45) is 0 Å². The van der Waals surface area contributed by atoms with Crippen LogP contribution in [-0.2, 0) is 0 Å². The highest BCUT2D eigenvalue weighted by Gasteiger charge is 2.23. The molecule has 0 unspecified atom stereocenters. The molecule has 0 bridgehead atoms. The van der Waals surface area contributed by atoms with Crippen LogP contribution >= 0.6 is 0 Å². The van der Waals surface area contributed by atoms with Crippen LogP contribution in [0.1, 0.15) is 10.4 Å². The number of esters is 1. The Hall–Kier alpha value is -2.37. The van der Waals surface area contributed by atoms with Gasteiger partial charge in [0.25, 0.3) is 0 Å². The van der Waals surface area contributed by atoms with Crippen LogP contribution in [0.15, 0.2) is 30.3 Å². The van der Waals surface area contributed by atoms with E-state index < -0.39 is 35.0 Å². The molecule has 0 saturated carbocycles. The van der Waals surface area contributed by atoms with E-state index in [1.165, 1.54) is 30.3 Å². The van der Waals surface area contributed by atoms with Crippen LogP contribution in [0, 0.1) is 29.3 Å². The Morgan fingerprint density at radius 3 is 2.00 bits per heavy atom. The molecule has 0 amide bonds. The van der Waals surface area contributed by atoms with Gasteiger partial charge in [-0.2, -0.15) is 8.78 Å². The average molecular weight is 269 g/mol. The quantitative estimate of drug-likeness (QED) is 0.362. The molecule has 0 atom stereocenters. The number of rotatable bonds is 2. The number of hydrogen-bond acceptors (Lipinski definition) is 2. The van der Waals surface area contributed by atoms with Crippen LogP contribution in [0.2, 0.25) is 0 Å². The van der Waals surface area contributed by atoms with Gasteiger partial charge in [-0.3, -0.25) is 0 Å². The molecule has 2 nitrogen and oxygen atoms in total. The molecule has 0 aliphatic carbocycles. The van der Waals surface area contributed by atoms with Crippen molar-refractivity contribution < 1.29 is 27.1 Å². The highest BCUT2D eigenvalue weighted by atomic mass is 19.2. The van der Waals surface area contributed by atoms with Crippen molar-refractivity contribution in [1.82, 2.24) is 0 Å². The Kier molecular flexibility index (Phi) is 3.50. The third kappa shape index (κ3) is 2.57. The normalized spacial score (nSPS) is 10.3. The van der Waals surface area contributed by atoms with Crippen LogP contribution in [0.25, 0.3) is 0 Å². The third-order valence-electron chi connectivity index (χ3n) is 2.21. The minimum absolute atomic E-state index is 0.0186. The number of carbonyl (C=O) groups is 1. The minimum Gasteiger partial charge on any atom is -0.416 e. The second-order valence-electron chi connectivity index (χ2n) is 3.47. The number of benzene rings is 2. The minimum atomic E-state index is -1.82. The first-order valence-corrected chi connectivity index (χ1v) is 5.03. The zero-order valence-electron chi connectivity index (χ0n) is 9.22. The predicted octanol–water partition coefficient (Wildman–Crippen LogP) is 3.26. The van der Waals surface area contributed by atoms with Gasteiger partial charge in [0.15, 0.2) is 11.6 Å². The molecule has 0 saturated heterocycles. The summed E-state index contributed by atoms with van der Waals surface area (Å²) in [6, 6.07) is 8.41. The highest BCUT2D eigenvalue weighted by molar-refractivity contribution is 5.91. The van der Waals surface area contributed by atoms with E-state index >= 15 is 0 Å². The van der Waals surface area contributed by atoms with Crippen molar-refractivity contribution in [3.63, 3.8) is 0 Å². The third-order valence-corrected chi connectivity index (χ3v) is 2.21. The number of halogens is 4. The SMILES string of the molecule is O=C(Oc1c(F)c(F)[c]c(F)c1F)c1ccccc1. The molecule has 0 aliphatic rings. The number of carbonyl (C=O) groups excluding carboxylic acids is 1. The van der Waals surface area contributed by atoms with Crippen LogP contribution in [0.3, 0.4) is 0 Å². The summed E-state index contributed by atoms with van der Waals surface area (Å²) in [5, 5.41) is 0. The van der Waals surface area contributed by atoms with Gasteiger partial charge in [-0.05, 0) is 12.1 Å². The Bertz CT molecular complexity index is 600. The van der Waals surface area contributed by atoms with Gasteiger partial charge in [-0.1, -0.05) is 18.2 Å². The summed E-state index contributed by atoms with van der Waals surface area (Å²) in [4.78, 5) is 11.5. The topological polar surface area (TPSA) is 26.3 Å².